The monoisotopic (exact) mass is 185 g/mol. The lowest BCUT2D eigenvalue weighted by Crippen LogP contribution is -1.97. The van der Waals surface area contributed by atoms with Gasteiger partial charge in [0.25, 0.3) is 0 Å². The molecule has 1 aliphatic carbocycles. The molecule has 2 rings (SSSR count). The van der Waals surface area contributed by atoms with Crippen molar-refractivity contribution in [2.45, 2.75) is 25.7 Å². The Hall–Kier alpha value is -1.69. The van der Waals surface area contributed by atoms with Crippen molar-refractivity contribution >= 4 is 5.57 Å². The molecule has 0 bridgehead atoms. The van der Waals surface area contributed by atoms with E-state index in [-0.39, 0.29) is 0 Å². The smallest absolute Gasteiger partial charge is 0.163 e. The van der Waals surface area contributed by atoms with Gasteiger partial charge >= 0.3 is 0 Å². The Labute approximate surface area is 83.1 Å². The largest absolute Gasteiger partial charge is 0.191 e. The molecule has 0 fully saturated rings. The normalized spacial score (nSPS) is 15.8. The van der Waals surface area contributed by atoms with Gasteiger partial charge in [-0.05, 0) is 43.4 Å². The third-order valence-corrected chi connectivity index (χ3v) is 2.40. The zero-order valence-electron chi connectivity index (χ0n) is 7.90. The van der Waals surface area contributed by atoms with Gasteiger partial charge in [0.05, 0.1) is 5.69 Å². The van der Waals surface area contributed by atoms with E-state index in [1.807, 2.05) is 12.1 Å². The summed E-state index contributed by atoms with van der Waals surface area (Å²) in [6.45, 7) is 0. The second kappa shape index (κ2) is 4.01. The van der Waals surface area contributed by atoms with E-state index < -0.39 is 0 Å². The van der Waals surface area contributed by atoms with Crippen molar-refractivity contribution in [2.24, 2.45) is 0 Å². The van der Waals surface area contributed by atoms with E-state index in [1.54, 1.807) is 6.07 Å². The Morgan fingerprint density at radius 3 is 2.71 bits per heavy atom. The van der Waals surface area contributed by atoms with Crippen molar-refractivity contribution in [2.75, 3.05) is 0 Å². The summed E-state index contributed by atoms with van der Waals surface area (Å²) in [5, 5.41) is 16.4. The minimum Gasteiger partial charge on any atom is -0.191 e. The van der Waals surface area contributed by atoms with Gasteiger partial charge in [-0.2, -0.15) is 5.26 Å². The molecule has 0 spiro atoms. The number of nitrogens with zero attached hydrogens (tertiary/aromatic N) is 3. The molecule has 0 N–H and O–H groups in total. The maximum absolute atomic E-state index is 8.57. The molecule has 70 valence electrons. The van der Waals surface area contributed by atoms with Crippen LogP contribution in [0, 0.1) is 11.3 Å². The van der Waals surface area contributed by atoms with Crippen molar-refractivity contribution in [1.29, 1.82) is 5.26 Å². The van der Waals surface area contributed by atoms with Gasteiger partial charge in [-0.1, -0.05) is 6.08 Å². The lowest BCUT2D eigenvalue weighted by Gasteiger charge is -2.10. The van der Waals surface area contributed by atoms with Crippen molar-refractivity contribution in [1.82, 2.24) is 10.2 Å². The average molecular weight is 185 g/mol. The molecule has 3 heteroatoms. The van der Waals surface area contributed by atoms with Crippen molar-refractivity contribution in [3.05, 3.63) is 29.6 Å². The van der Waals surface area contributed by atoms with Crippen LogP contribution in [-0.2, 0) is 0 Å². The van der Waals surface area contributed by atoms with Crippen LogP contribution in [0.1, 0.15) is 37.1 Å². The fourth-order valence-corrected chi connectivity index (χ4v) is 1.63. The molecule has 14 heavy (non-hydrogen) atoms. The summed E-state index contributed by atoms with van der Waals surface area (Å²) >= 11 is 0. The van der Waals surface area contributed by atoms with E-state index in [9.17, 15) is 0 Å². The van der Waals surface area contributed by atoms with Crippen LogP contribution in [0.15, 0.2) is 18.2 Å². The Morgan fingerprint density at radius 2 is 2.14 bits per heavy atom. The lowest BCUT2D eigenvalue weighted by atomic mass is 9.97. The molecule has 0 aromatic carbocycles. The fourth-order valence-electron chi connectivity index (χ4n) is 1.63. The Morgan fingerprint density at radius 1 is 1.21 bits per heavy atom. The number of aromatic nitrogens is 2. The highest BCUT2D eigenvalue weighted by Gasteiger charge is 2.07. The minimum atomic E-state index is 0.380. The molecular weight excluding hydrogens is 174 g/mol. The summed E-state index contributed by atoms with van der Waals surface area (Å²) in [5.41, 5.74) is 2.57. The maximum atomic E-state index is 8.57. The van der Waals surface area contributed by atoms with Gasteiger partial charge in [-0.3, -0.25) is 0 Å². The van der Waals surface area contributed by atoms with Crippen LogP contribution in [0.25, 0.3) is 5.57 Å². The second-order valence-electron chi connectivity index (χ2n) is 3.39. The molecule has 0 amide bonds. The highest BCUT2D eigenvalue weighted by atomic mass is 15.1. The van der Waals surface area contributed by atoms with Crippen LogP contribution < -0.4 is 0 Å². The van der Waals surface area contributed by atoms with Crippen LogP contribution >= 0.6 is 0 Å². The highest BCUT2D eigenvalue weighted by Crippen LogP contribution is 2.24. The first kappa shape index (κ1) is 8.89. The van der Waals surface area contributed by atoms with Gasteiger partial charge in [0.1, 0.15) is 6.07 Å². The molecule has 3 nitrogen and oxygen atoms in total. The third-order valence-electron chi connectivity index (χ3n) is 2.40. The molecule has 1 aliphatic rings. The van der Waals surface area contributed by atoms with E-state index in [0.717, 1.165) is 18.5 Å². The van der Waals surface area contributed by atoms with Gasteiger partial charge in [-0.15, -0.1) is 10.2 Å². The number of nitriles is 1. The molecule has 0 unspecified atom stereocenters. The molecule has 0 radical (unpaired) electrons. The lowest BCUT2D eigenvalue weighted by molar-refractivity contribution is 0.737. The Balaban J connectivity index is 2.25. The highest BCUT2D eigenvalue weighted by molar-refractivity contribution is 5.62. The first-order valence-electron chi connectivity index (χ1n) is 4.83. The number of rotatable bonds is 1. The summed E-state index contributed by atoms with van der Waals surface area (Å²) < 4.78 is 0. The van der Waals surface area contributed by atoms with E-state index in [4.69, 9.17) is 5.26 Å². The van der Waals surface area contributed by atoms with Gasteiger partial charge in [0.2, 0.25) is 0 Å². The van der Waals surface area contributed by atoms with Gasteiger partial charge in [0, 0.05) is 0 Å². The molecular formula is C11H11N3. The Kier molecular flexibility index (Phi) is 2.55. The SMILES string of the molecule is N#Cc1ccc(C2=CCCCC2)nn1. The van der Waals surface area contributed by atoms with Crippen molar-refractivity contribution in [3.63, 3.8) is 0 Å². The average Bonchev–Trinajstić information content (AvgIpc) is 2.30. The quantitative estimate of drug-likeness (QED) is 0.674. The minimum absolute atomic E-state index is 0.380. The number of hydrogen-bond donors (Lipinski definition) is 0. The Bertz CT molecular complexity index is 384. The molecule has 0 aliphatic heterocycles. The zero-order chi connectivity index (χ0) is 9.80. The van der Waals surface area contributed by atoms with Crippen LogP contribution in [0.2, 0.25) is 0 Å². The molecule has 0 saturated carbocycles. The summed E-state index contributed by atoms with van der Waals surface area (Å²) in [5.74, 6) is 0. The second-order valence-corrected chi connectivity index (χ2v) is 3.39. The zero-order valence-corrected chi connectivity index (χ0v) is 7.90. The molecule has 1 heterocycles. The summed E-state index contributed by atoms with van der Waals surface area (Å²) in [6.07, 6.45) is 6.94. The molecule has 1 aromatic rings. The van der Waals surface area contributed by atoms with E-state index in [2.05, 4.69) is 16.3 Å². The molecule has 0 atom stereocenters. The predicted molar refractivity (Wildman–Crippen MR) is 53.2 cm³/mol. The standard InChI is InChI=1S/C11H11N3/c12-8-10-6-7-11(14-13-10)9-4-2-1-3-5-9/h4,6-7H,1-3,5H2. The van der Waals surface area contributed by atoms with Crippen LogP contribution in [0.4, 0.5) is 0 Å². The number of hydrogen-bond acceptors (Lipinski definition) is 3. The molecule has 1 aromatic heterocycles. The number of allylic oxidation sites excluding steroid dienone is 2. The van der Waals surface area contributed by atoms with E-state index in [1.165, 1.54) is 18.4 Å². The fraction of sp³-hybridized carbons (Fsp3) is 0.364. The van der Waals surface area contributed by atoms with Crippen LogP contribution in [-0.4, -0.2) is 10.2 Å². The van der Waals surface area contributed by atoms with E-state index in [0.29, 0.717) is 5.69 Å². The summed E-state index contributed by atoms with van der Waals surface area (Å²) in [6, 6.07) is 5.56. The summed E-state index contributed by atoms with van der Waals surface area (Å²) in [4.78, 5) is 0. The van der Waals surface area contributed by atoms with Crippen molar-refractivity contribution < 1.29 is 0 Å². The van der Waals surface area contributed by atoms with Crippen molar-refractivity contribution in [3.8, 4) is 6.07 Å². The topological polar surface area (TPSA) is 49.6 Å². The third kappa shape index (κ3) is 1.80. The van der Waals surface area contributed by atoms with Gasteiger partial charge in [-0.25, -0.2) is 0 Å². The summed E-state index contributed by atoms with van der Waals surface area (Å²) in [7, 11) is 0. The van der Waals surface area contributed by atoms with Gasteiger partial charge in [0.15, 0.2) is 5.69 Å². The van der Waals surface area contributed by atoms with E-state index >= 15 is 0 Å². The first-order valence-corrected chi connectivity index (χ1v) is 4.83. The van der Waals surface area contributed by atoms with Crippen LogP contribution in [0.3, 0.4) is 0 Å². The van der Waals surface area contributed by atoms with Crippen LogP contribution in [0.5, 0.6) is 0 Å². The first-order chi connectivity index (χ1) is 6.90. The van der Waals surface area contributed by atoms with Gasteiger partial charge < -0.3 is 0 Å². The predicted octanol–water partition coefficient (Wildman–Crippen LogP) is 2.31. The maximum Gasteiger partial charge on any atom is 0.163 e. The molecule has 0 saturated heterocycles.